The maximum Gasteiger partial charge on any atom is 0.409 e. The Labute approximate surface area is 219 Å². The number of hydrogen-bond donors (Lipinski definition) is 3. The van der Waals surface area contributed by atoms with Crippen molar-refractivity contribution in [3.63, 3.8) is 0 Å². The maximum absolute atomic E-state index is 13.3. The number of carbonyl (C=O) groups is 4. The Morgan fingerprint density at radius 2 is 1.76 bits per heavy atom. The third-order valence-corrected chi connectivity index (χ3v) is 5.65. The fraction of sp³-hybridized carbons (Fsp3) is 0.385. The highest BCUT2D eigenvalue weighted by molar-refractivity contribution is 5.96. The van der Waals surface area contributed by atoms with E-state index in [0.29, 0.717) is 5.56 Å². The lowest BCUT2D eigenvalue weighted by Gasteiger charge is -2.35. The lowest BCUT2D eigenvalue weighted by Crippen LogP contribution is -2.56. The Morgan fingerprint density at radius 3 is 2.39 bits per heavy atom. The van der Waals surface area contributed by atoms with Crippen LogP contribution in [0.3, 0.4) is 0 Å². The molecule has 1 aromatic carbocycles. The summed E-state index contributed by atoms with van der Waals surface area (Å²) >= 11 is 0. The molecule has 200 valence electrons. The van der Waals surface area contributed by atoms with Crippen LogP contribution in [0.15, 0.2) is 36.4 Å². The van der Waals surface area contributed by atoms with Gasteiger partial charge >= 0.3 is 12.1 Å². The van der Waals surface area contributed by atoms with Crippen molar-refractivity contribution in [2.24, 2.45) is 0 Å². The number of aliphatic carboxylic acids is 1. The van der Waals surface area contributed by atoms with Crippen molar-refractivity contribution in [1.29, 1.82) is 0 Å². The fourth-order valence-electron chi connectivity index (χ4n) is 3.78. The summed E-state index contributed by atoms with van der Waals surface area (Å²) in [7, 11) is 0. The predicted molar refractivity (Wildman–Crippen MR) is 135 cm³/mol. The Bertz CT molecular complexity index is 1220. The van der Waals surface area contributed by atoms with Crippen molar-refractivity contribution < 1.29 is 34.1 Å². The van der Waals surface area contributed by atoms with Crippen molar-refractivity contribution >= 4 is 23.9 Å². The largest absolute Gasteiger partial charge is 0.481 e. The number of ether oxygens (including phenoxy) is 1. The smallest absolute Gasteiger partial charge is 0.409 e. The number of piperazine rings is 1. The van der Waals surface area contributed by atoms with E-state index in [-0.39, 0.29) is 62.8 Å². The first-order valence-electron chi connectivity index (χ1n) is 12.1. The van der Waals surface area contributed by atoms with E-state index in [2.05, 4.69) is 27.1 Å². The van der Waals surface area contributed by atoms with Gasteiger partial charge in [0.25, 0.3) is 5.91 Å². The molecule has 0 unspecified atom stereocenters. The summed E-state index contributed by atoms with van der Waals surface area (Å²) in [5, 5.41) is 20.9. The van der Waals surface area contributed by atoms with Crippen LogP contribution in [0.25, 0.3) is 11.4 Å². The van der Waals surface area contributed by atoms with Gasteiger partial charge in [-0.25, -0.2) is 14.8 Å². The van der Waals surface area contributed by atoms with Crippen molar-refractivity contribution in [3.8, 4) is 23.2 Å². The number of hydrogen-bond acceptors (Lipinski definition) is 8. The molecule has 1 aromatic heterocycles. The quantitative estimate of drug-likeness (QED) is 0.424. The highest BCUT2D eigenvalue weighted by atomic mass is 16.6. The van der Waals surface area contributed by atoms with Crippen molar-refractivity contribution in [3.05, 3.63) is 47.8 Å². The molecule has 12 nitrogen and oxygen atoms in total. The molecule has 0 saturated carbocycles. The van der Waals surface area contributed by atoms with E-state index < -0.39 is 36.5 Å². The van der Waals surface area contributed by atoms with Crippen molar-refractivity contribution in [2.75, 3.05) is 39.4 Å². The molecule has 2 heterocycles. The molecule has 0 radical (unpaired) electrons. The average Bonchev–Trinajstić information content (AvgIpc) is 2.94. The van der Waals surface area contributed by atoms with E-state index in [4.69, 9.17) is 9.84 Å². The van der Waals surface area contributed by atoms with Crippen molar-refractivity contribution in [2.45, 2.75) is 25.8 Å². The molecule has 1 aliphatic heterocycles. The molecule has 12 heteroatoms. The van der Waals surface area contributed by atoms with E-state index in [9.17, 15) is 24.3 Å². The first-order valence-corrected chi connectivity index (χ1v) is 12.1. The second kappa shape index (κ2) is 13.7. The predicted octanol–water partition coefficient (Wildman–Crippen LogP) is 0.751. The topological polar surface area (TPSA) is 162 Å². The van der Waals surface area contributed by atoms with Gasteiger partial charge in [0, 0.05) is 44.2 Å². The van der Waals surface area contributed by atoms with Gasteiger partial charge in [-0.05, 0) is 19.3 Å². The number of nitrogens with one attached hydrogen (secondary N) is 1. The highest BCUT2D eigenvalue weighted by Gasteiger charge is 2.31. The molecule has 1 aliphatic rings. The van der Waals surface area contributed by atoms with E-state index in [1.807, 2.05) is 6.07 Å². The number of amides is 3. The van der Waals surface area contributed by atoms with Gasteiger partial charge in [0.1, 0.15) is 24.0 Å². The SMILES string of the molecule is CCOC(=O)N1CCN(C(=O)[C@H](CCC(=O)O)NC(=O)c2cc(C#CCO)nc(-c3ccccc3)n2)CC1. The normalized spacial score (nSPS) is 13.6. The monoisotopic (exact) mass is 523 g/mol. The number of carboxylic acid groups (broad SMARTS) is 1. The lowest BCUT2D eigenvalue weighted by molar-refractivity contribution is -0.138. The molecule has 0 bridgehead atoms. The fourth-order valence-corrected chi connectivity index (χ4v) is 3.78. The second-order valence-electron chi connectivity index (χ2n) is 8.26. The van der Waals surface area contributed by atoms with Crippen LogP contribution in [0.2, 0.25) is 0 Å². The molecule has 1 atom stereocenters. The summed E-state index contributed by atoms with van der Waals surface area (Å²) in [6.45, 7) is 2.47. The van der Waals surface area contributed by atoms with Crippen LogP contribution in [0, 0.1) is 11.8 Å². The van der Waals surface area contributed by atoms with Crippen LogP contribution < -0.4 is 5.32 Å². The second-order valence-corrected chi connectivity index (χ2v) is 8.26. The molecule has 1 saturated heterocycles. The van der Waals surface area contributed by atoms with E-state index in [1.165, 1.54) is 15.9 Å². The van der Waals surface area contributed by atoms with Gasteiger partial charge in [0.05, 0.1) is 6.61 Å². The molecule has 0 aliphatic carbocycles. The summed E-state index contributed by atoms with van der Waals surface area (Å²) in [4.78, 5) is 61.3. The van der Waals surface area contributed by atoms with Gasteiger partial charge in [-0.15, -0.1) is 0 Å². The molecule has 38 heavy (non-hydrogen) atoms. The highest BCUT2D eigenvalue weighted by Crippen LogP contribution is 2.16. The summed E-state index contributed by atoms with van der Waals surface area (Å²) in [5.41, 5.74) is 0.759. The van der Waals surface area contributed by atoms with Gasteiger partial charge in [-0.3, -0.25) is 14.4 Å². The van der Waals surface area contributed by atoms with E-state index >= 15 is 0 Å². The van der Waals surface area contributed by atoms with Crippen LogP contribution >= 0.6 is 0 Å². The zero-order valence-corrected chi connectivity index (χ0v) is 20.9. The molecule has 2 aromatic rings. The van der Waals surface area contributed by atoms with Gasteiger partial charge in [-0.1, -0.05) is 36.3 Å². The van der Waals surface area contributed by atoms with Gasteiger partial charge in [0.2, 0.25) is 5.91 Å². The first-order chi connectivity index (χ1) is 18.3. The van der Waals surface area contributed by atoms with Gasteiger partial charge in [0.15, 0.2) is 5.82 Å². The Balaban J connectivity index is 1.81. The third-order valence-electron chi connectivity index (χ3n) is 5.65. The standard InChI is InChI=1S/C26H29N5O7/c1-2-38-26(37)31-14-12-30(13-15-31)25(36)20(10-11-22(33)34)29-24(35)21-17-19(9-6-16-32)27-23(28-21)18-7-4-3-5-8-18/h3-5,7-8,17,20,32H,2,10-16H2,1H3,(H,29,35)(H,33,34)/t20-/m0/s1. The zero-order chi connectivity index (χ0) is 27.5. The summed E-state index contributed by atoms with van der Waals surface area (Å²) in [5.74, 6) is 3.10. The Hall–Kier alpha value is -4.50. The van der Waals surface area contributed by atoms with Crippen LogP contribution in [0.4, 0.5) is 4.79 Å². The number of carbonyl (C=O) groups excluding carboxylic acids is 3. The molecule has 3 amide bonds. The van der Waals surface area contributed by atoms with Crippen LogP contribution in [-0.2, 0) is 14.3 Å². The first kappa shape index (κ1) is 28.1. The number of benzene rings is 1. The molecule has 3 N–H and O–H groups in total. The van der Waals surface area contributed by atoms with E-state index in [0.717, 1.165) is 0 Å². The van der Waals surface area contributed by atoms with Crippen LogP contribution in [0.1, 0.15) is 35.9 Å². The molecular weight excluding hydrogens is 494 g/mol. The summed E-state index contributed by atoms with van der Waals surface area (Å²) < 4.78 is 4.99. The number of aliphatic hydroxyl groups is 1. The summed E-state index contributed by atoms with van der Waals surface area (Å²) in [6.07, 6.45) is -0.939. The minimum atomic E-state index is -1.13. The molecule has 1 fully saturated rings. The lowest BCUT2D eigenvalue weighted by atomic mass is 10.1. The summed E-state index contributed by atoms with van der Waals surface area (Å²) in [6, 6.07) is 9.11. The number of aliphatic hydroxyl groups excluding tert-OH is 1. The molecule has 0 spiro atoms. The molecular formula is C26H29N5O7. The minimum absolute atomic E-state index is 0.0682. The van der Waals surface area contributed by atoms with Gasteiger partial charge < -0.3 is 30.1 Å². The Morgan fingerprint density at radius 1 is 1.08 bits per heavy atom. The van der Waals surface area contributed by atoms with Crippen LogP contribution in [-0.4, -0.2) is 99.3 Å². The van der Waals surface area contributed by atoms with Crippen LogP contribution in [0.5, 0.6) is 0 Å². The Kier molecular flexibility index (Phi) is 10.1. The minimum Gasteiger partial charge on any atom is -0.481 e. The van der Waals surface area contributed by atoms with Crippen molar-refractivity contribution in [1.82, 2.24) is 25.1 Å². The number of carboxylic acids is 1. The third kappa shape index (κ3) is 7.75. The maximum atomic E-state index is 13.3. The van der Waals surface area contributed by atoms with Gasteiger partial charge in [-0.2, -0.15) is 0 Å². The number of rotatable bonds is 8. The van der Waals surface area contributed by atoms with E-state index in [1.54, 1.807) is 31.2 Å². The molecule has 3 rings (SSSR count). The average molecular weight is 524 g/mol. The zero-order valence-electron chi connectivity index (χ0n) is 20.9. The number of nitrogens with zero attached hydrogens (tertiary/aromatic N) is 4. The number of aromatic nitrogens is 2.